The molecule has 2 aromatic heterocycles. The predicted molar refractivity (Wildman–Crippen MR) is 119 cm³/mol. The first-order valence-corrected chi connectivity index (χ1v) is 9.76. The maximum Gasteiger partial charge on any atom is 0.261 e. The van der Waals surface area contributed by atoms with Crippen molar-refractivity contribution in [2.24, 2.45) is 4.99 Å². The standard InChI is InChI=1S/C17H24N4OS2.HI/c1-13(14-6-3-10-23-14)12-21-17(18-2)20-9-5-8-19-16(22)15-7-4-11-24-15;/h3-4,6-7,10-11,13H,5,8-9,12H2,1-2H3,(H,19,22)(H2,18,20,21);1H. The number of carbonyl (C=O) groups is 1. The number of halogens is 1. The van der Waals surface area contributed by atoms with Crippen LogP contribution < -0.4 is 16.0 Å². The molecule has 0 aliphatic heterocycles. The maximum atomic E-state index is 11.8. The van der Waals surface area contributed by atoms with Gasteiger partial charge in [0.1, 0.15) is 0 Å². The molecule has 0 aliphatic rings. The van der Waals surface area contributed by atoms with Crippen LogP contribution in [-0.2, 0) is 0 Å². The highest BCUT2D eigenvalue weighted by atomic mass is 127. The Labute approximate surface area is 174 Å². The molecule has 0 fully saturated rings. The van der Waals surface area contributed by atoms with Gasteiger partial charge < -0.3 is 16.0 Å². The van der Waals surface area contributed by atoms with Crippen molar-refractivity contribution in [3.05, 3.63) is 44.8 Å². The van der Waals surface area contributed by atoms with E-state index in [1.807, 2.05) is 17.5 Å². The van der Waals surface area contributed by atoms with Crippen molar-refractivity contribution in [2.75, 3.05) is 26.7 Å². The predicted octanol–water partition coefficient (Wildman–Crippen LogP) is 3.52. The summed E-state index contributed by atoms with van der Waals surface area (Å²) in [4.78, 5) is 18.1. The number of hydrogen-bond donors (Lipinski definition) is 3. The molecule has 2 aromatic rings. The highest BCUT2D eigenvalue weighted by molar-refractivity contribution is 14.0. The summed E-state index contributed by atoms with van der Waals surface area (Å²) in [6, 6.07) is 7.95. The van der Waals surface area contributed by atoms with Crippen LogP contribution in [0.5, 0.6) is 0 Å². The van der Waals surface area contributed by atoms with Gasteiger partial charge in [0.2, 0.25) is 0 Å². The average Bonchev–Trinajstić information content (AvgIpc) is 3.30. The third kappa shape index (κ3) is 7.74. The number of amides is 1. The van der Waals surface area contributed by atoms with Gasteiger partial charge in [0, 0.05) is 37.5 Å². The summed E-state index contributed by atoms with van der Waals surface area (Å²) in [5, 5.41) is 13.5. The average molecular weight is 492 g/mol. The Morgan fingerprint density at radius 1 is 1.12 bits per heavy atom. The molecule has 0 bridgehead atoms. The van der Waals surface area contributed by atoms with Crippen molar-refractivity contribution in [1.82, 2.24) is 16.0 Å². The lowest BCUT2D eigenvalue weighted by atomic mass is 10.1. The van der Waals surface area contributed by atoms with E-state index in [9.17, 15) is 4.79 Å². The molecule has 1 unspecified atom stereocenters. The molecule has 2 heterocycles. The normalized spacial score (nSPS) is 12.2. The minimum absolute atomic E-state index is 0. The van der Waals surface area contributed by atoms with E-state index >= 15 is 0 Å². The molecular weight excluding hydrogens is 467 g/mol. The topological polar surface area (TPSA) is 65.5 Å². The number of hydrogen-bond acceptors (Lipinski definition) is 4. The lowest BCUT2D eigenvalue weighted by molar-refractivity contribution is 0.0957. The first kappa shape index (κ1) is 21.9. The molecule has 1 atom stereocenters. The van der Waals surface area contributed by atoms with Gasteiger partial charge in [0.15, 0.2) is 5.96 Å². The number of nitrogens with zero attached hydrogens (tertiary/aromatic N) is 1. The monoisotopic (exact) mass is 492 g/mol. The van der Waals surface area contributed by atoms with Gasteiger partial charge in [-0.1, -0.05) is 19.1 Å². The van der Waals surface area contributed by atoms with E-state index in [0.29, 0.717) is 12.5 Å². The van der Waals surface area contributed by atoms with E-state index in [1.165, 1.54) is 16.2 Å². The molecule has 5 nitrogen and oxygen atoms in total. The van der Waals surface area contributed by atoms with Crippen LogP contribution in [0.15, 0.2) is 40.0 Å². The fourth-order valence-corrected chi connectivity index (χ4v) is 3.56. The summed E-state index contributed by atoms with van der Waals surface area (Å²) >= 11 is 3.23. The van der Waals surface area contributed by atoms with Crippen LogP contribution in [-0.4, -0.2) is 38.5 Å². The lowest BCUT2D eigenvalue weighted by Gasteiger charge is -2.15. The highest BCUT2D eigenvalue weighted by Gasteiger charge is 2.07. The molecule has 0 aliphatic carbocycles. The summed E-state index contributed by atoms with van der Waals surface area (Å²) in [7, 11) is 1.77. The Morgan fingerprint density at radius 2 is 1.84 bits per heavy atom. The summed E-state index contributed by atoms with van der Waals surface area (Å²) < 4.78 is 0. The van der Waals surface area contributed by atoms with E-state index in [1.54, 1.807) is 18.4 Å². The molecule has 0 aromatic carbocycles. The number of carbonyl (C=O) groups excluding carboxylic acids is 1. The van der Waals surface area contributed by atoms with Crippen LogP contribution in [0.4, 0.5) is 0 Å². The molecule has 25 heavy (non-hydrogen) atoms. The molecule has 0 saturated carbocycles. The van der Waals surface area contributed by atoms with Crippen molar-refractivity contribution in [3.8, 4) is 0 Å². The number of nitrogens with one attached hydrogen (secondary N) is 3. The third-order valence-corrected chi connectivity index (χ3v) is 5.48. The Bertz CT molecular complexity index is 629. The largest absolute Gasteiger partial charge is 0.356 e. The second kappa shape index (κ2) is 12.3. The number of rotatable bonds is 8. The van der Waals surface area contributed by atoms with E-state index in [2.05, 4.69) is 45.4 Å². The van der Waals surface area contributed by atoms with Crippen LogP contribution in [0.3, 0.4) is 0 Å². The van der Waals surface area contributed by atoms with E-state index in [4.69, 9.17) is 0 Å². The van der Waals surface area contributed by atoms with Crippen LogP contribution in [0, 0.1) is 0 Å². The molecule has 0 radical (unpaired) electrons. The Balaban J connectivity index is 0.00000312. The first-order chi connectivity index (χ1) is 11.7. The van der Waals surface area contributed by atoms with E-state index in [0.717, 1.165) is 30.3 Å². The van der Waals surface area contributed by atoms with Gasteiger partial charge in [-0.25, -0.2) is 0 Å². The number of aliphatic imine (C=N–C) groups is 1. The first-order valence-electron chi connectivity index (χ1n) is 8.00. The molecule has 0 spiro atoms. The highest BCUT2D eigenvalue weighted by Crippen LogP contribution is 2.19. The van der Waals surface area contributed by atoms with Gasteiger partial charge in [-0.2, -0.15) is 0 Å². The SMILES string of the molecule is CN=C(NCCCNC(=O)c1cccs1)NCC(C)c1cccs1.I. The molecule has 2 rings (SSSR count). The quantitative estimate of drug-likeness (QED) is 0.229. The Kier molecular flexibility index (Phi) is 10.7. The molecule has 0 saturated heterocycles. The molecule has 1 amide bonds. The number of guanidine groups is 1. The zero-order valence-electron chi connectivity index (χ0n) is 14.5. The Morgan fingerprint density at radius 3 is 2.48 bits per heavy atom. The second-order valence-corrected chi connectivity index (χ2v) is 7.31. The van der Waals surface area contributed by atoms with Crippen LogP contribution in [0.2, 0.25) is 0 Å². The van der Waals surface area contributed by atoms with Gasteiger partial charge in [0.25, 0.3) is 5.91 Å². The summed E-state index contributed by atoms with van der Waals surface area (Å²) in [5.74, 6) is 1.24. The fraction of sp³-hybridized carbons (Fsp3) is 0.412. The summed E-state index contributed by atoms with van der Waals surface area (Å²) in [6.07, 6.45) is 0.846. The maximum absolute atomic E-state index is 11.8. The van der Waals surface area contributed by atoms with Crippen LogP contribution >= 0.6 is 46.7 Å². The van der Waals surface area contributed by atoms with Gasteiger partial charge in [0.05, 0.1) is 4.88 Å². The van der Waals surface area contributed by atoms with Gasteiger partial charge in [-0.05, 0) is 29.3 Å². The van der Waals surface area contributed by atoms with Crippen molar-refractivity contribution in [2.45, 2.75) is 19.3 Å². The van der Waals surface area contributed by atoms with Gasteiger partial charge in [-0.15, -0.1) is 46.7 Å². The zero-order chi connectivity index (χ0) is 17.2. The minimum atomic E-state index is -0.00252. The molecule has 138 valence electrons. The molecular formula is C17H25IN4OS2. The second-order valence-electron chi connectivity index (χ2n) is 5.38. The van der Waals surface area contributed by atoms with Crippen LogP contribution in [0.25, 0.3) is 0 Å². The van der Waals surface area contributed by atoms with Crippen molar-refractivity contribution < 1.29 is 4.79 Å². The van der Waals surface area contributed by atoms with Crippen molar-refractivity contribution >= 4 is 58.5 Å². The third-order valence-electron chi connectivity index (χ3n) is 3.50. The summed E-state index contributed by atoms with van der Waals surface area (Å²) in [6.45, 7) is 4.45. The van der Waals surface area contributed by atoms with E-state index < -0.39 is 0 Å². The lowest BCUT2D eigenvalue weighted by Crippen LogP contribution is -2.40. The fourth-order valence-electron chi connectivity index (χ4n) is 2.13. The minimum Gasteiger partial charge on any atom is -0.356 e. The molecule has 8 heteroatoms. The van der Waals surface area contributed by atoms with Crippen LogP contribution in [0.1, 0.15) is 33.8 Å². The Hall–Kier alpha value is -1.13. The molecule has 3 N–H and O–H groups in total. The summed E-state index contributed by atoms with van der Waals surface area (Å²) in [5.41, 5.74) is 0. The van der Waals surface area contributed by atoms with Gasteiger partial charge >= 0.3 is 0 Å². The van der Waals surface area contributed by atoms with E-state index in [-0.39, 0.29) is 29.9 Å². The zero-order valence-corrected chi connectivity index (χ0v) is 18.4. The van der Waals surface area contributed by atoms with Crippen molar-refractivity contribution in [3.63, 3.8) is 0 Å². The smallest absolute Gasteiger partial charge is 0.261 e. The number of thiophene rings is 2. The van der Waals surface area contributed by atoms with Gasteiger partial charge in [-0.3, -0.25) is 9.79 Å². The van der Waals surface area contributed by atoms with Crippen molar-refractivity contribution in [1.29, 1.82) is 0 Å².